The lowest BCUT2D eigenvalue weighted by molar-refractivity contribution is -0.143. The first-order chi connectivity index (χ1) is 17.4. The van der Waals surface area contributed by atoms with Crippen LogP contribution in [0.5, 0.6) is 5.75 Å². The molecule has 0 radical (unpaired) electrons. The Morgan fingerprint density at radius 3 is 2.47 bits per heavy atom. The number of carbonyl (C=O) groups excluding carboxylic acids is 2. The highest BCUT2D eigenvalue weighted by atomic mass is 16.5. The van der Waals surface area contributed by atoms with E-state index in [0.29, 0.717) is 18.9 Å². The van der Waals surface area contributed by atoms with E-state index in [1.54, 1.807) is 17.0 Å². The molecule has 4 aliphatic rings. The summed E-state index contributed by atoms with van der Waals surface area (Å²) in [6.07, 6.45) is 11.1. The van der Waals surface area contributed by atoms with E-state index in [1.807, 2.05) is 12.1 Å². The van der Waals surface area contributed by atoms with Crippen LogP contribution in [0, 0.1) is 23.7 Å². The number of hydrogen-bond donors (Lipinski definition) is 1. The summed E-state index contributed by atoms with van der Waals surface area (Å²) in [6.45, 7) is 7.17. The van der Waals surface area contributed by atoms with Gasteiger partial charge in [0.1, 0.15) is 5.75 Å². The summed E-state index contributed by atoms with van der Waals surface area (Å²) in [5.41, 5.74) is 5.13. The Bertz CT molecular complexity index is 1050. The van der Waals surface area contributed by atoms with Crippen LogP contribution in [0.2, 0.25) is 0 Å². The number of benzene rings is 1. The average molecular weight is 492 g/mol. The number of rotatable bonds is 7. The SMILES string of the molecule is CC/C(=C\c1ccc(O)cc1)CC[C@H]1OC[C@H]2C1=C(C(C)C)C[C@H]1C(=O)N(C3CCCCC3)C(=O)[C@H]12. The normalized spacial score (nSPS) is 29.3. The fourth-order valence-corrected chi connectivity index (χ4v) is 7.16. The van der Waals surface area contributed by atoms with Gasteiger partial charge < -0.3 is 9.84 Å². The van der Waals surface area contributed by atoms with E-state index in [4.69, 9.17) is 4.74 Å². The number of fused-ring (bicyclic) bond motifs is 3. The van der Waals surface area contributed by atoms with Gasteiger partial charge in [0.2, 0.25) is 11.8 Å². The Hall–Kier alpha value is -2.40. The second-order valence-electron chi connectivity index (χ2n) is 11.5. The molecule has 0 spiro atoms. The Kier molecular flexibility index (Phi) is 7.39. The van der Waals surface area contributed by atoms with Gasteiger partial charge in [-0.15, -0.1) is 0 Å². The first-order valence-corrected chi connectivity index (χ1v) is 14.1. The lowest BCUT2D eigenvalue weighted by atomic mass is 9.67. The van der Waals surface area contributed by atoms with Crippen LogP contribution in [0.25, 0.3) is 6.08 Å². The molecule has 0 bridgehead atoms. The fraction of sp³-hybridized carbons (Fsp3) is 0.613. The van der Waals surface area contributed by atoms with Crippen LogP contribution in [0.15, 0.2) is 41.0 Å². The molecule has 36 heavy (non-hydrogen) atoms. The summed E-state index contributed by atoms with van der Waals surface area (Å²) in [6, 6.07) is 7.42. The molecule has 1 aromatic rings. The summed E-state index contributed by atoms with van der Waals surface area (Å²) in [5, 5.41) is 9.57. The number of carbonyl (C=O) groups is 2. The van der Waals surface area contributed by atoms with Gasteiger partial charge in [0, 0.05) is 12.0 Å². The minimum absolute atomic E-state index is 0.0229. The smallest absolute Gasteiger partial charge is 0.234 e. The number of aromatic hydroxyl groups is 1. The maximum atomic E-state index is 13.7. The van der Waals surface area contributed by atoms with Gasteiger partial charge in [0.05, 0.1) is 24.5 Å². The number of phenolic OH excluding ortho intramolecular Hbond substituents is 1. The first kappa shape index (κ1) is 25.3. The third-order valence-electron chi connectivity index (χ3n) is 9.06. The summed E-state index contributed by atoms with van der Waals surface area (Å²) < 4.78 is 6.41. The highest BCUT2D eigenvalue weighted by molar-refractivity contribution is 6.06. The molecule has 0 unspecified atom stereocenters. The minimum atomic E-state index is -0.236. The van der Waals surface area contributed by atoms with Crippen molar-refractivity contribution in [3.63, 3.8) is 0 Å². The number of nitrogens with zero attached hydrogens (tertiary/aromatic N) is 1. The summed E-state index contributed by atoms with van der Waals surface area (Å²) in [5.74, 6) is 0.394. The zero-order valence-corrected chi connectivity index (χ0v) is 22.0. The van der Waals surface area contributed by atoms with Crippen molar-refractivity contribution in [1.82, 2.24) is 4.90 Å². The van der Waals surface area contributed by atoms with Gasteiger partial charge in [-0.1, -0.05) is 69.4 Å². The lowest BCUT2D eigenvalue weighted by Crippen LogP contribution is -2.42. The van der Waals surface area contributed by atoms with Gasteiger partial charge in [0.25, 0.3) is 0 Å². The van der Waals surface area contributed by atoms with Crippen LogP contribution >= 0.6 is 0 Å². The summed E-state index contributed by atoms with van der Waals surface area (Å²) in [4.78, 5) is 29.0. The molecule has 2 saturated heterocycles. The number of amides is 2. The van der Waals surface area contributed by atoms with Crippen LogP contribution in [0.4, 0.5) is 0 Å². The van der Waals surface area contributed by atoms with Crippen molar-refractivity contribution in [2.75, 3.05) is 6.61 Å². The number of hydrogen-bond acceptors (Lipinski definition) is 4. The molecular weight excluding hydrogens is 450 g/mol. The highest BCUT2D eigenvalue weighted by Crippen LogP contribution is 2.52. The van der Waals surface area contributed by atoms with E-state index in [0.717, 1.165) is 50.5 Å². The van der Waals surface area contributed by atoms with E-state index in [2.05, 4.69) is 26.8 Å². The van der Waals surface area contributed by atoms with Crippen molar-refractivity contribution in [2.24, 2.45) is 23.7 Å². The Morgan fingerprint density at radius 1 is 1.08 bits per heavy atom. The quantitative estimate of drug-likeness (QED) is 0.361. The third-order valence-corrected chi connectivity index (χ3v) is 9.06. The second kappa shape index (κ2) is 10.5. The molecule has 2 heterocycles. The summed E-state index contributed by atoms with van der Waals surface area (Å²) in [7, 11) is 0. The molecule has 1 N–H and O–H groups in total. The molecule has 0 aromatic heterocycles. The predicted octanol–water partition coefficient (Wildman–Crippen LogP) is 6.27. The first-order valence-electron chi connectivity index (χ1n) is 14.1. The van der Waals surface area contributed by atoms with E-state index < -0.39 is 0 Å². The molecule has 1 aromatic carbocycles. The molecule has 2 aliphatic carbocycles. The largest absolute Gasteiger partial charge is 0.508 e. The van der Waals surface area contributed by atoms with Gasteiger partial charge in [-0.25, -0.2) is 0 Å². The molecule has 3 fully saturated rings. The van der Waals surface area contributed by atoms with Crippen LogP contribution in [0.1, 0.15) is 84.1 Å². The minimum Gasteiger partial charge on any atom is -0.508 e. The van der Waals surface area contributed by atoms with Crippen molar-refractivity contribution in [3.05, 3.63) is 46.5 Å². The maximum absolute atomic E-state index is 13.7. The number of phenols is 1. The van der Waals surface area contributed by atoms with Crippen molar-refractivity contribution in [2.45, 2.75) is 90.7 Å². The van der Waals surface area contributed by atoms with Gasteiger partial charge in [-0.3, -0.25) is 14.5 Å². The lowest BCUT2D eigenvalue weighted by Gasteiger charge is -2.33. The van der Waals surface area contributed by atoms with E-state index in [-0.39, 0.29) is 47.5 Å². The van der Waals surface area contributed by atoms with Gasteiger partial charge in [0.15, 0.2) is 0 Å². The standard InChI is InChI=1S/C31H41NO4/c1-4-20(16-21-10-13-23(33)14-11-21)12-15-27-28-24(19(2)3)17-25-29(26(28)18-36-27)31(35)32(30(25)34)22-8-6-5-7-9-22/h10-11,13-14,16,19,22,25-27,29,33H,4-9,12,15,17-18H2,1-3H3/b20-16+/t25-,26+,27-,29-/m1/s1. The molecule has 1 saturated carbocycles. The monoisotopic (exact) mass is 491 g/mol. The Labute approximate surface area is 215 Å². The fourth-order valence-electron chi connectivity index (χ4n) is 7.16. The number of allylic oxidation sites excluding steroid dienone is 2. The number of imide groups is 1. The average Bonchev–Trinajstić information content (AvgIpc) is 3.41. The van der Waals surface area contributed by atoms with Crippen LogP contribution < -0.4 is 0 Å². The van der Waals surface area contributed by atoms with E-state index in [1.165, 1.54) is 23.1 Å². The van der Waals surface area contributed by atoms with Crippen molar-refractivity contribution >= 4 is 17.9 Å². The molecular formula is C31H41NO4. The third kappa shape index (κ3) is 4.67. The van der Waals surface area contributed by atoms with Crippen molar-refractivity contribution in [3.8, 4) is 5.75 Å². The van der Waals surface area contributed by atoms with Gasteiger partial charge in [-0.05, 0) is 67.7 Å². The van der Waals surface area contributed by atoms with Crippen LogP contribution in [-0.4, -0.2) is 40.6 Å². The van der Waals surface area contributed by atoms with Crippen LogP contribution in [0.3, 0.4) is 0 Å². The molecule has 2 amide bonds. The zero-order chi connectivity index (χ0) is 25.4. The topological polar surface area (TPSA) is 66.8 Å². The van der Waals surface area contributed by atoms with Crippen molar-refractivity contribution < 1.29 is 19.4 Å². The number of likely N-dealkylation sites (tertiary alicyclic amines) is 1. The predicted molar refractivity (Wildman–Crippen MR) is 141 cm³/mol. The molecule has 2 aliphatic heterocycles. The molecule has 5 heteroatoms. The van der Waals surface area contributed by atoms with Gasteiger partial charge >= 0.3 is 0 Å². The molecule has 5 rings (SSSR count). The zero-order valence-electron chi connectivity index (χ0n) is 22.0. The molecule has 5 nitrogen and oxygen atoms in total. The molecule has 4 atom stereocenters. The maximum Gasteiger partial charge on any atom is 0.234 e. The highest BCUT2D eigenvalue weighted by Gasteiger charge is 2.58. The Morgan fingerprint density at radius 2 is 1.81 bits per heavy atom. The second-order valence-corrected chi connectivity index (χ2v) is 11.5. The molecule has 194 valence electrons. The van der Waals surface area contributed by atoms with E-state index >= 15 is 0 Å². The summed E-state index contributed by atoms with van der Waals surface area (Å²) >= 11 is 0. The van der Waals surface area contributed by atoms with E-state index in [9.17, 15) is 14.7 Å². The van der Waals surface area contributed by atoms with Crippen molar-refractivity contribution in [1.29, 1.82) is 0 Å². The Balaban J connectivity index is 1.36. The van der Waals surface area contributed by atoms with Crippen LogP contribution in [-0.2, 0) is 14.3 Å². The number of ether oxygens (including phenoxy) is 1. The van der Waals surface area contributed by atoms with Gasteiger partial charge in [-0.2, -0.15) is 0 Å².